The standard InChI is InChI=1S/C21H24N4O3S/c1-12-8-13(2)17(14(3)9-12)15-11-29-19(22-15)23-16(26)10-25-18(27)21(24-20(25)28)6-4-5-7-21/h8-9,11H,4-7,10H2,1-3H3,(H,24,28)(H,22,23,26). The summed E-state index contributed by atoms with van der Waals surface area (Å²) in [6.45, 7) is 5.85. The topological polar surface area (TPSA) is 91.4 Å². The van der Waals surface area contributed by atoms with Crippen LogP contribution in [0.25, 0.3) is 11.3 Å². The van der Waals surface area contributed by atoms with E-state index in [1.165, 1.54) is 16.9 Å². The van der Waals surface area contributed by atoms with Gasteiger partial charge in [0.15, 0.2) is 5.13 Å². The number of carbonyl (C=O) groups is 3. The molecule has 1 aliphatic heterocycles. The van der Waals surface area contributed by atoms with Gasteiger partial charge in [-0.15, -0.1) is 11.3 Å². The fraction of sp³-hybridized carbons (Fsp3) is 0.429. The van der Waals surface area contributed by atoms with Crippen LogP contribution in [0.1, 0.15) is 42.4 Å². The fourth-order valence-corrected chi connectivity index (χ4v) is 5.19. The van der Waals surface area contributed by atoms with Gasteiger partial charge in [0.25, 0.3) is 5.91 Å². The van der Waals surface area contributed by atoms with Gasteiger partial charge in [0, 0.05) is 10.9 Å². The van der Waals surface area contributed by atoms with Gasteiger partial charge in [-0.3, -0.25) is 14.5 Å². The van der Waals surface area contributed by atoms with Crippen LogP contribution >= 0.6 is 11.3 Å². The lowest BCUT2D eigenvalue weighted by molar-refractivity contribution is -0.133. The largest absolute Gasteiger partial charge is 0.325 e. The summed E-state index contributed by atoms with van der Waals surface area (Å²) in [6.07, 6.45) is 3.10. The number of amides is 4. The zero-order valence-corrected chi connectivity index (χ0v) is 17.6. The van der Waals surface area contributed by atoms with Crippen LogP contribution in [0, 0.1) is 20.8 Å². The van der Waals surface area contributed by atoms with Crippen molar-refractivity contribution in [1.82, 2.24) is 15.2 Å². The Bertz CT molecular complexity index is 984. The molecule has 2 aliphatic rings. The third-order valence-corrected chi connectivity index (χ3v) is 6.45. The van der Waals surface area contributed by atoms with E-state index in [-0.39, 0.29) is 12.5 Å². The molecule has 2 N–H and O–H groups in total. The highest BCUT2D eigenvalue weighted by Gasteiger charge is 2.52. The van der Waals surface area contributed by atoms with Crippen molar-refractivity contribution in [2.45, 2.75) is 52.0 Å². The molecule has 2 heterocycles. The summed E-state index contributed by atoms with van der Waals surface area (Å²) in [5.74, 6) is -0.720. The van der Waals surface area contributed by atoms with Crippen molar-refractivity contribution < 1.29 is 14.4 Å². The number of benzene rings is 1. The zero-order valence-electron chi connectivity index (χ0n) is 16.8. The Balaban J connectivity index is 1.45. The Kier molecular flexibility index (Phi) is 4.90. The molecule has 1 saturated heterocycles. The molecule has 1 aromatic carbocycles. The average Bonchev–Trinajstić information content (AvgIpc) is 3.33. The van der Waals surface area contributed by atoms with E-state index in [2.05, 4.69) is 34.7 Å². The van der Waals surface area contributed by atoms with Gasteiger partial charge in [0.2, 0.25) is 5.91 Å². The molecule has 0 atom stereocenters. The number of nitrogens with one attached hydrogen (secondary N) is 2. The number of urea groups is 1. The Morgan fingerprint density at radius 1 is 1.21 bits per heavy atom. The minimum atomic E-state index is -0.799. The van der Waals surface area contributed by atoms with Gasteiger partial charge in [-0.2, -0.15) is 0 Å². The predicted octanol–water partition coefficient (Wildman–Crippen LogP) is 3.54. The average molecular weight is 413 g/mol. The van der Waals surface area contributed by atoms with E-state index >= 15 is 0 Å². The summed E-state index contributed by atoms with van der Waals surface area (Å²) in [6, 6.07) is 3.73. The highest BCUT2D eigenvalue weighted by molar-refractivity contribution is 7.14. The second-order valence-electron chi connectivity index (χ2n) is 7.97. The maximum atomic E-state index is 12.7. The van der Waals surface area contributed by atoms with Crippen LogP contribution in [0.5, 0.6) is 0 Å². The molecule has 1 aromatic heterocycles. The fourth-order valence-electron chi connectivity index (χ4n) is 4.47. The molecule has 4 rings (SSSR count). The number of hydrogen-bond donors (Lipinski definition) is 2. The molecule has 2 fully saturated rings. The molecule has 8 heteroatoms. The van der Waals surface area contributed by atoms with Gasteiger partial charge in [-0.05, 0) is 44.7 Å². The van der Waals surface area contributed by atoms with E-state index < -0.39 is 17.5 Å². The number of aromatic nitrogens is 1. The van der Waals surface area contributed by atoms with E-state index in [1.807, 2.05) is 19.2 Å². The van der Waals surface area contributed by atoms with Gasteiger partial charge in [-0.25, -0.2) is 9.78 Å². The molecular formula is C21H24N4O3S. The number of imide groups is 1. The molecule has 1 spiro atoms. The molecule has 152 valence electrons. The summed E-state index contributed by atoms with van der Waals surface area (Å²) in [5, 5.41) is 7.86. The van der Waals surface area contributed by atoms with Crippen LogP contribution < -0.4 is 10.6 Å². The highest BCUT2D eigenvalue weighted by atomic mass is 32.1. The van der Waals surface area contributed by atoms with E-state index in [0.29, 0.717) is 18.0 Å². The maximum Gasteiger partial charge on any atom is 0.325 e. The Hall–Kier alpha value is -2.74. The molecule has 7 nitrogen and oxygen atoms in total. The summed E-state index contributed by atoms with van der Waals surface area (Å²) >= 11 is 1.33. The summed E-state index contributed by atoms with van der Waals surface area (Å²) in [4.78, 5) is 42.9. The second-order valence-corrected chi connectivity index (χ2v) is 8.83. The second kappa shape index (κ2) is 7.26. The monoisotopic (exact) mass is 412 g/mol. The lowest BCUT2D eigenvalue weighted by atomic mass is 9.98. The predicted molar refractivity (Wildman–Crippen MR) is 112 cm³/mol. The van der Waals surface area contributed by atoms with E-state index in [4.69, 9.17) is 0 Å². The maximum absolute atomic E-state index is 12.7. The molecule has 0 unspecified atom stereocenters. The first-order chi connectivity index (χ1) is 13.8. The highest BCUT2D eigenvalue weighted by Crippen LogP contribution is 2.35. The van der Waals surface area contributed by atoms with Crippen molar-refractivity contribution in [3.05, 3.63) is 34.2 Å². The first-order valence-electron chi connectivity index (χ1n) is 9.77. The number of thiazole rings is 1. The number of anilines is 1. The van der Waals surface area contributed by atoms with E-state index in [0.717, 1.165) is 40.1 Å². The first kappa shape index (κ1) is 19.6. The van der Waals surface area contributed by atoms with Crippen LogP contribution in [0.2, 0.25) is 0 Å². The molecule has 2 aromatic rings. The van der Waals surface area contributed by atoms with Gasteiger partial charge >= 0.3 is 6.03 Å². The molecule has 1 saturated carbocycles. The molecular weight excluding hydrogens is 388 g/mol. The lowest BCUT2D eigenvalue weighted by Gasteiger charge is -2.19. The third-order valence-electron chi connectivity index (χ3n) is 5.69. The minimum absolute atomic E-state index is 0.291. The van der Waals surface area contributed by atoms with Crippen LogP contribution in [-0.2, 0) is 9.59 Å². The Morgan fingerprint density at radius 2 is 1.86 bits per heavy atom. The van der Waals surface area contributed by atoms with Crippen LogP contribution in [0.4, 0.5) is 9.93 Å². The van der Waals surface area contributed by atoms with Crippen molar-refractivity contribution in [2.24, 2.45) is 0 Å². The van der Waals surface area contributed by atoms with Gasteiger partial charge in [0.05, 0.1) is 5.69 Å². The Morgan fingerprint density at radius 3 is 2.52 bits per heavy atom. The summed E-state index contributed by atoms with van der Waals surface area (Å²) in [7, 11) is 0. The molecule has 0 bridgehead atoms. The van der Waals surface area contributed by atoms with Gasteiger partial charge in [0.1, 0.15) is 12.1 Å². The number of nitrogens with zero attached hydrogens (tertiary/aromatic N) is 2. The van der Waals surface area contributed by atoms with Crippen molar-refractivity contribution in [3.8, 4) is 11.3 Å². The number of carbonyl (C=O) groups excluding carboxylic acids is 3. The molecule has 29 heavy (non-hydrogen) atoms. The third kappa shape index (κ3) is 3.53. The molecule has 0 radical (unpaired) electrons. The smallest absolute Gasteiger partial charge is 0.323 e. The first-order valence-corrected chi connectivity index (χ1v) is 10.6. The van der Waals surface area contributed by atoms with Crippen LogP contribution in [-0.4, -0.2) is 39.8 Å². The van der Waals surface area contributed by atoms with Gasteiger partial charge in [-0.1, -0.05) is 30.5 Å². The van der Waals surface area contributed by atoms with Gasteiger partial charge < -0.3 is 10.6 Å². The quantitative estimate of drug-likeness (QED) is 0.752. The minimum Gasteiger partial charge on any atom is -0.323 e. The Labute approximate surface area is 173 Å². The van der Waals surface area contributed by atoms with E-state index in [9.17, 15) is 14.4 Å². The van der Waals surface area contributed by atoms with Crippen molar-refractivity contribution in [1.29, 1.82) is 0 Å². The lowest BCUT2D eigenvalue weighted by Crippen LogP contribution is -2.44. The number of aryl methyl sites for hydroxylation is 3. The normalized spacial score (nSPS) is 17.8. The number of rotatable bonds is 4. The summed E-state index contributed by atoms with van der Waals surface area (Å²) in [5.41, 5.74) is 4.52. The van der Waals surface area contributed by atoms with Crippen molar-refractivity contribution in [3.63, 3.8) is 0 Å². The molecule has 4 amide bonds. The number of hydrogen-bond acceptors (Lipinski definition) is 5. The van der Waals surface area contributed by atoms with Crippen molar-refractivity contribution in [2.75, 3.05) is 11.9 Å². The van der Waals surface area contributed by atoms with Crippen LogP contribution in [0.15, 0.2) is 17.5 Å². The van der Waals surface area contributed by atoms with E-state index in [1.54, 1.807) is 0 Å². The summed E-state index contributed by atoms with van der Waals surface area (Å²) < 4.78 is 0. The SMILES string of the molecule is Cc1cc(C)c(-c2csc(NC(=O)CN3C(=O)NC4(CCCC4)C3=O)n2)c(C)c1. The van der Waals surface area contributed by atoms with Crippen LogP contribution in [0.3, 0.4) is 0 Å². The zero-order chi connectivity index (χ0) is 20.8. The van der Waals surface area contributed by atoms with Crippen molar-refractivity contribution >= 4 is 34.3 Å². The molecule has 1 aliphatic carbocycles.